The summed E-state index contributed by atoms with van der Waals surface area (Å²) < 4.78 is 10.0. The van der Waals surface area contributed by atoms with Crippen LogP contribution < -0.4 is 5.32 Å². The molecule has 1 heterocycles. The highest BCUT2D eigenvalue weighted by molar-refractivity contribution is 5.90. The van der Waals surface area contributed by atoms with Crippen LogP contribution >= 0.6 is 0 Å². The highest BCUT2D eigenvalue weighted by Crippen LogP contribution is 2.14. The number of anilines is 1. The first-order valence-corrected chi connectivity index (χ1v) is 6.39. The summed E-state index contributed by atoms with van der Waals surface area (Å²) in [7, 11) is 1.64. The van der Waals surface area contributed by atoms with Gasteiger partial charge >= 0.3 is 12.0 Å². The van der Waals surface area contributed by atoms with E-state index >= 15 is 0 Å². The molecule has 112 valence electrons. The lowest BCUT2D eigenvalue weighted by Crippen LogP contribution is -2.34. The van der Waals surface area contributed by atoms with E-state index in [4.69, 9.17) is 9.15 Å². The molecule has 0 aliphatic rings. The second-order valence-electron chi connectivity index (χ2n) is 4.63. The molecule has 8 heteroatoms. The van der Waals surface area contributed by atoms with Gasteiger partial charge in [-0.3, -0.25) is 19.8 Å². The average molecular weight is 284 g/mol. The Hall–Kier alpha value is -1.96. The minimum atomic E-state index is -0.373. The van der Waals surface area contributed by atoms with Gasteiger partial charge in [0.2, 0.25) is 11.8 Å². The van der Waals surface area contributed by atoms with E-state index < -0.39 is 0 Å². The molecule has 0 fully saturated rings. The van der Waals surface area contributed by atoms with Gasteiger partial charge in [0.05, 0.1) is 19.7 Å². The van der Waals surface area contributed by atoms with Crippen molar-refractivity contribution in [3.05, 3.63) is 5.89 Å². The number of rotatable bonds is 7. The van der Waals surface area contributed by atoms with Gasteiger partial charge in [-0.05, 0) is 14.0 Å². The minimum Gasteiger partial charge on any atom is -0.465 e. The Morgan fingerprint density at radius 2 is 2.05 bits per heavy atom. The highest BCUT2D eigenvalue weighted by Gasteiger charge is 2.15. The zero-order valence-electron chi connectivity index (χ0n) is 12.2. The number of aromatic nitrogens is 2. The number of carbonyl (C=O) groups excluding carboxylic acids is 2. The third kappa shape index (κ3) is 5.35. The van der Waals surface area contributed by atoms with E-state index in [1.54, 1.807) is 14.0 Å². The smallest absolute Gasteiger partial charge is 0.322 e. The minimum absolute atomic E-state index is 0.0260. The van der Waals surface area contributed by atoms with E-state index in [0.29, 0.717) is 12.5 Å². The molecular weight excluding hydrogens is 264 g/mol. The van der Waals surface area contributed by atoms with Crippen molar-refractivity contribution < 1.29 is 18.7 Å². The third-order valence-corrected chi connectivity index (χ3v) is 2.30. The van der Waals surface area contributed by atoms with E-state index in [1.807, 2.05) is 13.8 Å². The zero-order chi connectivity index (χ0) is 15.1. The number of hydrogen-bond donors (Lipinski definition) is 1. The number of hydrogen-bond acceptors (Lipinski definition) is 7. The SMILES string of the molecule is CCOC(=O)CN(C)CC(=O)Nc1nnc(C(C)C)o1. The summed E-state index contributed by atoms with van der Waals surface area (Å²) in [4.78, 5) is 24.5. The summed E-state index contributed by atoms with van der Waals surface area (Å²) in [5, 5.41) is 10.00. The van der Waals surface area contributed by atoms with Crippen LogP contribution in [0.4, 0.5) is 6.01 Å². The Morgan fingerprint density at radius 1 is 1.35 bits per heavy atom. The Morgan fingerprint density at radius 3 is 2.60 bits per heavy atom. The molecule has 1 amide bonds. The summed E-state index contributed by atoms with van der Waals surface area (Å²) >= 11 is 0. The first-order valence-electron chi connectivity index (χ1n) is 6.39. The van der Waals surface area contributed by atoms with E-state index in [2.05, 4.69) is 15.5 Å². The van der Waals surface area contributed by atoms with Crippen molar-refractivity contribution in [2.45, 2.75) is 26.7 Å². The second-order valence-corrected chi connectivity index (χ2v) is 4.63. The summed E-state index contributed by atoms with van der Waals surface area (Å²) in [6.07, 6.45) is 0. The number of amides is 1. The fraction of sp³-hybridized carbons (Fsp3) is 0.667. The zero-order valence-corrected chi connectivity index (χ0v) is 12.2. The molecule has 1 aromatic heterocycles. The van der Waals surface area contributed by atoms with E-state index in [-0.39, 0.29) is 36.9 Å². The molecule has 0 saturated heterocycles. The van der Waals surface area contributed by atoms with Gasteiger partial charge in [0.25, 0.3) is 0 Å². The van der Waals surface area contributed by atoms with Gasteiger partial charge in [0.1, 0.15) is 0 Å². The summed E-state index contributed by atoms with van der Waals surface area (Å²) in [5.74, 6) is -0.154. The molecule has 1 rings (SSSR count). The van der Waals surface area contributed by atoms with Crippen LogP contribution in [0.3, 0.4) is 0 Å². The van der Waals surface area contributed by atoms with Gasteiger partial charge in [-0.2, -0.15) is 0 Å². The highest BCUT2D eigenvalue weighted by atomic mass is 16.5. The van der Waals surface area contributed by atoms with Crippen molar-refractivity contribution >= 4 is 17.9 Å². The fourth-order valence-corrected chi connectivity index (χ4v) is 1.41. The van der Waals surface area contributed by atoms with Crippen LogP contribution in [0.2, 0.25) is 0 Å². The standard InChI is InChI=1S/C12H20N4O4/c1-5-19-10(18)7-16(4)6-9(17)13-12-15-14-11(20-12)8(2)3/h8H,5-7H2,1-4H3,(H,13,15,17). The van der Waals surface area contributed by atoms with E-state index in [1.165, 1.54) is 4.90 Å². The molecule has 0 aliphatic heterocycles. The van der Waals surface area contributed by atoms with Crippen molar-refractivity contribution in [2.75, 3.05) is 32.1 Å². The quantitative estimate of drug-likeness (QED) is 0.733. The first-order chi connectivity index (χ1) is 9.42. The molecule has 0 radical (unpaired) electrons. The Bertz CT molecular complexity index is 458. The van der Waals surface area contributed by atoms with Gasteiger partial charge in [-0.15, -0.1) is 5.10 Å². The van der Waals surface area contributed by atoms with Crippen LogP contribution in [0.15, 0.2) is 4.42 Å². The number of carbonyl (C=O) groups is 2. The van der Waals surface area contributed by atoms with Crippen LogP contribution in [0.1, 0.15) is 32.6 Å². The molecule has 0 atom stereocenters. The lowest BCUT2D eigenvalue weighted by molar-refractivity contribution is -0.144. The summed E-state index contributed by atoms with van der Waals surface area (Å²) in [5.41, 5.74) is 0. The number of ether oxygens (including phenoxy) is 1. The normalized spacial score (nSPS) is 10.9. The topological polar surface area (TPSA) is 97.6 Å². The molecule has 0 unspecified atom stereocenters. The van der Waals surface area contributed by atoms with Crippen molar-refractivity contribution in [3.63, 3.8) is 0 Å². The predicted molar refractivity (Wildman–Crippen MR) is 71.1 cm³/mol. The van der Waals surface area contributed by atoms with Crippen molar-refractivity contribution in [1.82, 2.24) is 15.1 Å². The molecular formula is C12H20N4O4. The number of nitrogens with zero attached hydrogens (tertiary/aromatic N) is 3. The number of esters is 1. The number of nitrogens with one attached hydrogen (secondary N) is 1. The molecule has 0 bridgehead atoms. The maximum atomic E-state index is 11.7. The van der Waals surface area contributed by atoms with Gasteiger partial charge in [0, 0.05) is 5.92 Å². The first kappa shape index (κ1) is 16.1. The monoisotopic (exact) mass is 284 g/mol. The fourth-order valence-electron chi connectivity index (χ4n) is 1.41. The van der Waals surface area contributed by atoms with Gasteiger partial charge < -0.3 is 9.15 Å². The van der Waals surface area contributed by atoms with Crippen molar-refractivity contribution in [3.8, 4) is 0 Å². The predicted octanol–water partition coefficient (Wildman–Crippen LogP) is 0.626. The second kappa shape index (κ2) is 7.59. The van der Waals surface area contributed by atoms with Crippen LogP contribution in [0, 0.1) is 0 Å². The van der Waals surface area contributed by atoms with Crippen LogP contribution in [-0.4, -0.2) is 53.7 Å². The molecule has 0 spiro atoms. The summed E-state index contributed by atoms with van der Waals surface area (Å²) in [6, 6.07) is 0.0586. The lowest BCUT2D eigenvalue weighted by Gasteiger charge is -2.14. The van der Waals surface area contributed by atoms with Gasteiger partial charge in [-0.25, -0.2) is 0 Å². The summed E-state index contributed by atoms with van der Waals surface area (Å²) in [6.45, 7) is 5.93. The van der Waals surface area contributed by atoms with Gasteiger partial charge in [0.15, 0.2) is 0 Å². The lowest BCUT2D eigenvalue weighted by atomic mass is 10.2. The van der Waals surface area contributed by atoms with Crippen LogP contribution in [-0.2, 0) is 14.3 Å². The van der Waals surface area contributed by atoms with Crippen molar-refractivity contribution in [1.29, 1.82) is 0 Å². The Balaban J connectivity index is 2.40. The molecule has 0 aromatic carbocycles. The molecule has 0 saturated carbocycles. The van der Waals surface area contributed by atoms with Gasteiger partial charge in [-0.1, -0.05) is 18.9 Å². The number of likely N-dealkylation sites (N-methyl/N-ethyl adjacent to an activating group) is 1. The molecule has 1 N–H and O–H groups in total. The van der Waals surface area contributed by atoms with E-state index in [0.717, 1.165) is 0 Å². The van der Waals surface area contributed by atoms with Crippen LogP contribution in [0.5, 0.6) is 0 Å². The largest absolute Gasteiger partial charge is 0.465 e. The maximum Gasteiger partial charge on any atom is 0.322 e. The van der Waals surface area contributed by atoms with Crippen molar-refractivity contribution in [2.24, 2.45) is 0 Å². The average Bonchev–Trinajstić information content (AvgIpc) is 2.77. The molecule has 20 heavy (non-hydrogen) atoms. The Labute approximate surface area is 117 Å². The maximum absolute atomic E-state index is 11.7. The molecule has 0 aliphatic carbocycles. The van der Waals surface area contributed by atoms with E-state index in [9.17, 15) is 9.59 Å². The Kier molecular flexibility index (Phi) is 6.10. The molecule has 1 aromatic rings. The molecule has 8 nitrogen and oxygen atoms in total. The van der Waals surface area contributed by atoms with Crippen LogP contribution in [0.25, 0.3) is 0 Å². The third-order valence-electron chi connectivity index (χ3n) is 2.30.